The summed E-state index contributed by atoms with van der Waals surface area (Å²) in [6, 6.07) is 3.57. The normalized spacial score (nSPS) is 16.7. The average molecular weight is 307 g/mol. The maximum Gasteiger partial charge on any atom is 0.397 e. The van der Waals surface area contributed by atoms with Crippen LogP contribution in [0.15, 0.2) is 12.1 Å². The van der Waals surface area contributed by atoms with Crippen LogP contribution in [0.4, 0.5) is 0 Å². The van der Waals surface area contributed by atoms with Crippen LogP contribution in [-0.4, -0.2) is 44.1 Å². The van der Waals surface area contributed by atoms with Crippen LogP contribution >= 0.6 is 0 Å². The highest BCUT2D eigenvalue weighted by Crippen LogP contribution is 2.37. The van der Waals surface area contributed by atoms with E-state index in [0.29, 0.717) is 24.5 Å². The van der Waals surface area contributed by atoms with Gasteiger partial charge in [-0.25, -0.2) is 4.79 Å². The molecule has 0 bridgehead atoms. The molecule has 1 amide bonds. The van der Waals surface area contributed by atoms with E-state index in [9.17, 15) is 9.59 Å². The van der Waals surface area contributed by atoms with Gasteiger partial charge in [0.1, 0.15) is 0 Å². The molecule has 0 unspecified atom stereocenters. The molecule has 120 valence electrons. The summed E-state index contributed by atoms with van der Waals surface area (Å²) in [4.78, 5) is 25.4. The van der Waals surface area contributed by atoms with Gasteiger partial charge in [0.25, 0.3) is 0 Å². The summed E-state index contributed by atoms with van der Waals surface area (Å²) in [5.41, 5.74) is 2.06. The van der Waals surface area contributed by atoms with Gasteiger partial charge in [0.2, 0.25) is 0 Å². The highest BCUT2D eigenvalue weighted by molar-refractivity contribution is 6.32. The number of fused-ring (bicyclic) bond motifs is 1. The molecule has 1 aliphatic rings. The first-order valence-electron chi connectivity index (χ1n) is 7.26. The van der Waals surface area contributed by atoms with E-state index in [1.807, 2.05) is 19.1 Å². The number of carbonyl (C=O) groups excluding carboxylic acids is 2. The molecule has 6 nitrogen and oxygen atoms in total. The van der Waals surface area contributed by atoms with Crippen LogP contribution in [0, 0.1) is 0 Å². The lowest BCUT2D eigenvalue weighted by Crippen LogP contribution is -2.43. The smallest absolute Gasteiger partial charge is 0.397 e. The summed E-state index contributed by atoms with van der Waals surface area (Å²) in [6.07, 6.45) is 0.658. The molecule has 0 aromatic heterocycles. The number of hydrogen-bond donors (Lipinski definition) is 0. The van der Waals surface area contributed by atoms with Crippen molar-refractivity contribution in [3.63, 3.8) is 0 Å². The van der Waals surface area contributed by atoms with Crippen molar-refractivity contribution in [2.24, 2.45) is 0 Å². The predicted molar refractivity (Wildman–Crippen MR) is 80.0 cm³/mol. The molecule has 1 heterocycles. The summed E-state index contributed by atoms with van der Waals surface area (Å²) in [6.45, 7) is 4.23. The van der Waals surface area contributed by atoms with Crippen LogP contribution < -0.4 is 9.47 Å². The third-order valence-electron chi connectivity index (χ3n) is 3.90. The van der Waals surface area contributed by atoms with E-state index in [-0.39, 0.29) is 12.6 Å². The molecule has 0 fully saturated rings. The van der Waals surface area contributed by atoms with Gasteiger partial charge in [-0.3, -0.25) is 4.79 Å². The van der Waals surface area contributed by atoms with E-state index in [1.54, 1.807) is 21.1 Å². The third kappa shape index (κ3) is 2.86. The summed E-state index contributed by atoms with van der Waals surface area (Å²) in [7, 11) is 3.16. The molecule has 0 radical (unpaired) electrons. The fourth-order valence-corrected chi connectivity index (χ4v) is 2.73. The van der Waals surface area contributed by atoms with Gasteiger partial charge in [-0.15, -0.1) is 0 Å². The quantitative estimate of drug-likeness (QED) is 0.628. The summed E-state index contributed by atoms with van der Waals surface area (Å²) in [5, 5.41) is 0. The number of hydrogen-bond acceptors (Lipinski definition) is 5. The number of methoxy groups -OCH3 is 2. The van der Waals surface area contributed by atoms with Gasteiger partial charge in [-0.1, -0.05) is 0 Å². The molecule has 1 aromatic carbocycles. The zero-order valence-corrected chi connectivity index (χ0v) is 13.3. The third-order valence-corrected chi connectivity index (χ3v) is 3.90. The Morgan fingerprint density at radius 2 is 1.86 bits per heavy atom. The second-order valence-corrected chi connectivity index (χ2v) is 5.05. The number of nitrogens with zero attached hydrogens (tertiary/aromatic N) is 1. The molecule has 0 aliphatic carbocycles. The van der Waals surface area contributed by atoms with Gasteiger partial charge in [-0.05, 0) is 43.5 Å². The van der Waals surface area contributed by atoms with Crippen molar-refractivity contribution in [1.82, 2.24) is 4.90 Å². The Kier molecular flexibility index (Phi) is 4.90. The van der Waals surface area contributed by atoms with Crippen LogP contribution in [0.25, 0.3) is 0 Å². The Morgan fingerprint density at radius 1 is 1.23 bits per heavy atom. The van der Waals surface area contributed by atoms with Crippen molar-refractivity contribution in [1.29, 1.82) is 0 Å². The maximum atomic E-state index is 12.2. The van der Waals surface area contributed by atoms with E-state index in [4.69, 9.17) is 14.2 Å². The summed E-state index contributed by atoms with van der Waals surface area (Å²) in [5.74, 6) is -0.134. The molecule has 1 atom stereocenters. The largest absolute Gasteiger partial charge is 0.493 e. The molecule has 0 N–H and O–H groups in total. The fourth-order valence-electron chi connectivity index (χ4n) is 2.73. The fraction of sp³-hybridized carbons (Fsp3) is 0.500. The predicted octanol–water partition coefficient (Wildman–Crippen LogP) is 1.71. The molecule has 2 rings (SSSR count). The second kappa shape index (κ2) is 6.68. The average Bonchev–Trinajstić information content (AvgIpc) is 2.53. The summed E-state index contributed by atoms with van der Waals surface area (Å²) >= 11 is 0. The van der Waals surface area contributed by atoms with E-state index >= 15 is 0 Å². The maximum absolute atomic E-state index is 12.2. The number of rotatable bonds is 3. The minimum absolute atomic E-state index is 0.189. The first kappa shape index (κ1) is 16.1. The number of esters is 1. The Labute approximate surface area is 129 Å². The topological polar surface area (TPSA) is 65.1 Å². The van der Waals surface area contributed by atoms with Crippen LogP contribution in [0.1, 0.15) is 31.0 Å². The van der Waals surface area contributed by atoms with Crippen LogP contribution in [0.5, 0.6) is 11.5 Å². The Bertz CT molecular complexity index is 584. The number of benzene rings is 1. The number of carbonyl (C=O) groups is 2. The van der Waals surface area contributed by atoms with Crippen molar-refractivity contribution in [2.45, 2.75) is 26.3 Å². The van der Waals surface area contributed by atoms with Crippen LogP contribution in [0.3, 0.4) is 0 Å². The zero-order valence-electron chi connectivity index (χ0n) is 13.3. The minimum Gasteiger partial charge on any atom is -0.493 e. The zero-order chi connectivity index (χ0) is 16.3. The van der Waals surface area contributed by atoms with Crippen molar-refractivity contribution in [3.05, 3.63) is 23.3 Å². The molecule has 22 heavy (non-hydrogen) atoms. The lowest BCUT2D eigenvalue weighted by Gasteiger charge is -2.35. The monoisotopic (exact) mass is 307 g/mol. The van der Waals surface area contributed by atoms with Gasteiger partial charge < -0.3 is 19.1 Å². The number of ether oxygens (including phenoxy) is 3. The Hall–Kier alpha value is -2.24. The van der Waals surface area contributed by atoms with E-state index in [1.165, 1.54) is 4.90 Å². The van der Waals surface area contributed by atoms with Gasteiger partial charge in [0, 0.05) is 6.54 Å². The van der Waals surface area contributed by atoms with E-state index < -0.39 is 11.9 Å². The SMILES string of the molecule is CCOC(=O)C(=O)N1CCc2cc(OC)c(OC)cc2[C@H]1C. The first-order chi connectivity index (χ1) is 10.5. The molecule has 1 aliphatic heterocycles. The van der Waals surface area contributed by atoms with Crippen molar-refractivity contribution in [3.8, 4) is 11.5 Å². The Balaban J connectivity index is 2.31. The molecular formula is C16H21NO5. The van der Waals surface area contributed by atoms with Crippen LogP contribution in [-0.2, 0) is 20.7 Å². The van der Waals surface area contributed by atoms with E-state index in [2.05, 4.69) is 0 Å². The van der Waals surface area contributed by atoms with Crippen molar-refractivity contribution >= 4 is 11.9 Å². The van der Waals surface area contributed by atoms with Gasteiger partial charge in [0.05, 0.1) is 26.9 Å². The molecular weight excluding hydrogens is 286 g/mol. The van der Waals surface area contributed by atoms with Crippen molar-refractivity contribution in [2.75, 3.05) is 27.4 Å². The highest BCUT2D eigenvalue weighted by Gasteiger charge is 2.33. The molecule has 1 aromatic rings. The van der Waals surface area contributed by atoms with Gasteiger partial charge >= 0.3 is 11.9 Å². The first-order valence-corrected chi connectivity index (χ1v) is 7.26. The Morgan fingerprint density at radius 3 is 2.45 bits per heavy atom. The molecule has 0 saturated carbocycles. The highest BCUT2D eigenvalue weighted by atomic mass is 16.5. The van der Waals surface area contributed by atoms with Crippen LogP contribution in [0.2, 0.25) is 0 Å². The van der Waals surface area contributed by atoms with Gasteiger partial charge in [0.15, 0.2) is 11.5 Å². The molecule has 0 spiro atoms. The number of amides is 1. The molecule has 6 heteroatoms. The van der Waals surface area contributed by atoms with Crippen molar-refractivity contribution < 1.29 is 23.8 Å². The lowest BCUT2D eigenvalue weighted by molar-refractivity contribution is -0.161. The standard InChI is InChI=1S/C16H21NO5/c1-5-22-16(19)15(18)17-7-6-11-8-13(20-3)14(21-4)9-12(11)10(17)2/h8-10H,5-7H2,1-4H3/t10-/m1/s1. The van der Waals surface area contributed by atoms with Gasteiger partial charge in [-0.2, -0.15) is 0 Å². The second-order valence-electron chi connectivity index (χ2n) is 5.05. The summed E-state index contributed by atoms with van der Waals surface area (Å²) < 4.78 is 15.4. The minimum atomic E-state index is -0.807. The van der Waals surface area contributed by atoms with E-state index in [0.717, 1.165) is 11.1 Å². The molecule has 0 saturated heterocycles. The lowest BCUT2D eigenvalue weighted by atomic mass is 9.92.